The number of carbonyl (C=O) groups excluding carboxylic acids is 1. The summed E-state index contributed by atoms with van der Waals surface area (Å²) in [5.41, 5.74) is -1.92. The smallest absolute Gasteiger partial charge is 0.336 e. The van der Waals surface area contributed by atoms with E-state index in [1.165, 1.54) is 4.90 Å². The van der Waals surface area contributed by atoms with Crippen molar-refractivity contribution in [1.29, 1.82) is 0 Å². The molecule has 0 atom stereocenters. The first-order chi connectivity index (χ1) is 21.2. The standard InChI is InChI=1S/C33H29NO10/c1-2-42-28-10-6-7-11-29(28)43-17-16-34(20-21-12-14-23(15-13-21)44-22-8-4-3-5-9-22)30(35)24-18-26(32(38)39)27(33(40)41)19-25(24)31(36)37/h3-15,18-19H,2,16-17,20H2,1H3,(H,36,37)(H,38,39)(H,40,41). The van der Waals surface area contributed by atoms with E-state index < -0.39 is 46.1 Å². The third-order valence-electron chi connectivity index (χ3n) is 6.41. The van der Waals surface area contributed by atoms with E-state index in [-0.39, 0.29) is 19.7 Å². The van der Waals surface area contributed by atoms with Crippen LogP contribution in [0.4, 0.5) is 0 Å². The number of ether oxygens (including phenoxy) is 3. The molecule has 0 aliphatic rings. The number of carbonyl (C=O) groups is 4. The van der Waals surface area contributed by atoms with Crippen molar-refractivity contribution in [3.63, 3.8) is 0 Å². The molecule has 226 valence electrons. The number of carboxylic acid groups (broad SMARTS) is 3. The van der Waals surface area contributed by atoms with Gasteiger partial charge >= 0.3 is 17.9 Å². The van der Waals surface area contributed by atoms with Crippen LogP contribution >= 0.6 is 0 Å². The molecular formula is C33H29NO10. The number of aromatic carboxylic acids is 3. The van der Waals surface area contributed by atoms with Gasteiger partial charge in [0.15, 0.2) is 11.5 Å². The minimum absolute atomic E-state index is 0.0109. The zero-order valence-electron chi connectivity index (χ0n) is 23.6. The second-order valence-corrected chi connectivity index (χ2v) is 9.37. The van der Waals surface area contributed by atoms with Gasteiger partial charge in [-0.1, -0.05) is 42.5 Å². The first kappa shape index (κ1) is 31.1. The Morgan fingerprint density at radius 2 is 1.14 bits per heavy atom. The maximum Gasteiger partial charge on any atom is 0.336 e. The lowest BCUT2D eigenvalue weighted by atomic mass is 9.97. The summed E-state index contributed by atoms with van der Waals surface area (Å²) in [4.78, 5) is 50.8. The third-order valence-corrected chi connectivity index (χ3v) is 6.41. The first-order valence-electron chi connectivity index (χ1n) is 13.5. The molecule has 0 heterocycles. The topological polar surface area (TPSA) is 160 Å². The molecule has 4 rings (SSSR count). The number of carboxylic acids is 3. The molecule has 44 heavy (non-hydrogen) atoms. The van der Waals surface area contributed by atoms with Gasteiger partial charge in [0.05, 0.1) is 35.4 Å². The van der Waals surface area contributed by atoms with Crippen molar-refractivity contribution in [2.75, 3.05) is 19.8 Å². The molecular weight excluding hydrogens is 570 g/mol. The lowest BCUT2D eigenvalue weighted by Crippen LogP contribution is -2.35. The normalized spacial score (nSPS) is 10.5. The Labute approximate surface area is 252 Å². The van der Waals surface area contributed by atoms with Crippen molar-refractivity contribution in [3.05, 3.63) is 119 Å². The highest BCUT2D eigenvalue weighted by atomic mass is 16.5. The van der Waals surface area contributed by atoms with Crippen molar-refractivity contribution in [3.8, 4) is 23.0 Å². The van der Waals surface area contributed by atoms with Crippen molar-refractivity contribution in [1.82, 2.24) is 4.90 Å². The molecule has 0 fully saturated rings. The summed E-state index contributed by atoms with van der Waals surface area (Å²) in [6, 6.07) is 24.5. The van der Waals surface area contributed by atoms with Gasteiger partial charge < -0.3 is 34.4 Å². The van der Waals surface area contributed by atoms with E-state index in [2.05, 4.69) is 0 Å². The molecule has 0 aliphatic heterocycles. The summed E-state index contributed by atoms with van der Waals surface area (Å²) in [6.45, 7) is 2.17. The maximum atomic E-state index is 13.9. The van der Waals surface area contributed by atoms with Crippen LogP contribution in [0.2, 0.25) is 0 Å². The molecule has 0 spiro atoms. The van der Waals surface area contributed by atoms with Crippen LogP contribution in [0.15, 0.2) is 91.0 Å². The lowest BCUT2D eigenvalue weighted by molar-refractivity contribution is 0.0642. The second-order valence-electron chi connectivity index (χ2n) is 9.37. The number of nitrogens with zero attached hydrogens (tertiary/aromatic N) is 1. The van der Waals surface area contributed by atoms with Crippen molar-refractivity contribution < 1.29 is 48.7 Å². The van der Waals surface area contributed by atoms with Crippen molar-refractivity contribution in [2.24, 2.45) is 0 Å². The average Bonchev–Trinajstić information content (AvgIpc) is 3.01. The van der Waals surface area contributed by atoms with Gasteiger partial charge in [-0.05, 0) is 61.0 Å². The number of hydrogen-bond acceptors (Lipinski definition) is 7. The van der Waals surface area contributed by atoms with Gasteiger partial charge in [0, 0.05) is 6.54 Å². The van der Waals surface area contributed by atoms with E-state index in [0.717, 1.165) is 6.07 Å². The highest BCUT2D eigenvalue weighted by Crippen LogP contribution is 2.27. The summed E-state index contributed by atoms with van der Waals surface area (Å²) in [7, 11) is 0. The molecule has 0 unspecified atom stereocenters. The van der Waals surface area contributed by atoms with Crippen LogP contribution in [-0.2, 0) is 6.54 Å². The Hall–Kier alpha value is -5.84. The average molecular weight is 600 g/mol. The molecule has 0 saturated heterocycles. The summed E-state index contributed by atoms with van der Waals surface area (Å²) in [5.74, 6) is -3.53. The highest BCUT2D eigenvalue weighted by molar-refractivity contribution is 6.10. The Morgan fingerprint density at radius 1 is 0.636 bits per heavy atom. The third kappa shape index (κ3) is 7.71. The fourth-order valence-electron chi connectivity index (χ4n) is 4.35. The van der Waals surface area contributed by atoms with E-state index in [1.54, 1.807) is 60.7 Å². The maximum absolute atomic E-state index is 13.9. The van der Waals surface area contributed by atoms with E-state index >= 15 is 0 Å². The van der Waals surface area contributed by atoms with Gasteiger partial charge in [0.25, 0.3) is 5.91 Å². The summed E-state index contributed by atoms with van der Waals surface area (Å²) in [6.07, 6.45) is 0. The zero-order chi connectivity index (χ0) is 31.6. The van der Waals surface area contributed by atoms with Crippen LogP contribution in [0.3, 0.4) is 0 Å². The molecule has 4 aromatic rings. The van der Waals surface area contributed by atoms with E-state index in [0.29, 0.717) is 41.2 Å². The number of rotatable bonds is 14. The van der Waals surface area contributed by atoms with Crippen LogP contribution in [-0.4, -0.2) is 63.8 Å². The summed E-state index contributed by atoms with van der Waals surface area (Å²) >= 11 is 0. The Bertz CT molecular complexity index is 1650. The van der Waals surface area contributed by atoms with Crippen LogP contribution in [0, 0.1) is 0 Å². The SMILES string of the molecule is CCOc1ccccc1OCCN(Cc1ccc(Oc2ccccc2)cc1)C(=O)c1cc(C(=O)O)c(C(=O)O)cc1C(=O)O. The number of hydrogen-bond donors (Lipinski definition) is 3. The molecule has 0 aliphatic carbocycles. The first-order valence-corrected chi connectivity index (χ1v) is 13.5. The van der Waals surface area contributed by atoms with Gasteiger partial charge in [-0.3, -0.25) is 4.79 Å². The fourth-order valence-corrected chi connectivity index (χ4v) is 4.35. The molecule has 4 aromatic carbocycles. The Kier molecular flexibility index (Phi) is 10.2. The van der Waals surface area contributed by atoms with E-state index in [4.69, 9.17) is 14.2 Å². The highest BCUT2D eigenvalue weighted by Gasteiger charge is 2.28. The molecule has 1 amide bonds. The van der Waals surface area contributed by atoms with Crippen LogP contribution in [0.25, 0.3) is 0 Å². The molecule has 11 heteroatoms. The molecule has 0 aromatic heterocycles. The minimum Gasteiger partial charge on any atom is -0.490 e. The fraction of sp³-hybridized carbons (Fsp3) is 0.152. The molecule has 0 radical (unpaired) electrons. The number of para-hydroxylation sites is 3. The summed E-state index contributed by atoms with van der Waals surface area (Å²) < 4.78 is 17.3. The van der Waals surface area contributed by atoms with Gasteiger partial charge in [-0.15, -0.1) is 0 Å². The number of benzene rings is 4. The quantitative estimate of drug-likeness (QED) is 0.164. The monoisotopic (exact) mass is 599 g/mol. The minimum atomic E-state index is -1.64. The Balaban J connectivity index is 1.65. The lowest BCUT2D eigenvalue weighted by Gasteiger charge is -2.24. The van der Waals surface area contributed by atoms with Crippen LogP contribution in [0.5, 0.6) is 23.0 Å². The predicted octanol–water partition coefficient (Wildman–Crippen LogP) is 5.69. The molecule has 0 saturated carbocycles. The van der Waals surface area contributed by atoms with Gasteiger partial charge in [-0.2, -0.15) is 0 Å². The van der Waals surface area contributed by atoms with Gasteiger partial charge in [0.1, 0.15) is 18.1 Å². The van der Waals surface area contributed by atoms with Gasteiger partial charge in [-0.25, -0.2) is 14.4 Å². The van der Waals surface area contributed by atoms with Crippen LogP contribution < -0.4 is 14.2 Å². The Morgan fingerprint density at radius 3 is 1.70 bits per heavy atom. The van der Waals surface area contributed by atoms with Crippen LogP contribution in [0.1, 0.15) is 53.9 Å². The molecule has 11 nitrogen and oxygen atoms in total. The van der Waals surface area contributed by atoms with Gasteiger partial charge in [0.2, 0.25) is 0 Å². The largest absolute Gasteiger partial charge is 0.490 e. The number of amides is 1. The zero-order valence-corrected chi connectivity index (χ0v) is 23.6. The van der Waals surface area contributed by atoms with E-state index in [9.17, 15) is 34.5 Å². The van der Waals surface area contributed by atoms with Crippen molar-refractivity contribution in [2.45, 2.75) is 13.5 Å². The predicted molar refractivity (Wildman–Crippen MR) is 158 cm³/mol. The van der Waals surface area contributed by atoms with E-state index in [1.807, 2.05) is 25.1 Å². The van der Waals surface area contributed by atoms with Crippen molar-refractivity contribution >= 4 is 23.8 Å². The molecule has 3 N–H and O–H groups in total. The second kappa shape index (κ2) is 14.4. The summed E-state index contributed by atoms with van der Waals surface area (Å²) in [5, 5.41) is 28.9. The molecule has 0 bridgehead atoms.